The molecule has 1 amide bonds. The van der Waals surface area contributed by atoms with Gasteiger partial charge in [-0.25, -0.2) is 24.7 Å². The number of hydrogen-bond acceptors (Lipinski definition) is 15. The number of aliphatic carboxylic acids is 1. The zero-order chi connectivity index (χ0) is 45.9. The second kappa shape index (κ2) is 19.3. The zero-order valence-corrected chi connectivity index (χ0v) is 37.0. The summed E-state index contributed by atoms with van der Waals surface area (Å²) in [7, 11) is 0. The molecule has 0 spiro atoms. The molecule has 4 aliphatic rings. The fourth-order valence-corrected chi connectivity index (χ4v) is 9.95. The van der Waals surface area contributed by atoms with Crippen molar-refractivity contribution >= 4 is 79.3 Å². The van der Waals surface area contributed by atoms with E-state index in [-0.39, 0.29) is 5.91 Å². The topological polar surface area (TPSA) is 247 Å². The van der Waals surface area contributed by atoms with Gasteiger partial charge in [0.15, 0.2) is 0 Å². The van der Waals surface area contributed by atoms with Crippen LogP contribution < -0.4 is 16.0 Å². The minimum absolute atomic E-state index is 0.252. The average molecular weight is 905 g/mol. The Morgan fingerprint density at radius 1 is 0.642 bits per heavy atom. The molecule has 0 saturated heterocycles. The summed E-state index contributed by atoms with van der Waals surface area (Å²) < 4.78 is 4.72. The maximum atomic E-state index is 11.8. The van der Waals surface area contributed by atoms with Crippen molar-refractivity contribution in [3.05, 3.63) is 96.1 Å². The Kier molecular flexibility index (Phi) is 12.6. The number of amides is 1. The van der Waals surface area contributed by atoms with Gasteiger partial charge in [-0.15, -0.1) is 0 Å². The fraction of sp³-hybridized carbons (Fsp3) is 0.375. The van der Waals surface area contributed by atoms with E-state index in [1.807, 2.05) is 61.4 Å². The van der Waals surface area contributed by atoms with Crippen LogP contribution in [0.25, 0.3) is 43.9 Å². The summed E-state index contributed by atoms with van der Waals surface area (Å²) in [4.78, 5) is 59.8. The lowest BCUT2D eigenvalue weighted by atomic mass is 10.1. The highest BCUT2D eigenvalue weighted by atomic mass is 16.4. The van der Waals surface area contributed by atoms with E-state index in [4.69, 9.17) is 40.1 Å². The molecule has 12 rings (SSSR count). The third-order valence-electron chi connectivity index (χ3n) is 13.1. The monoisotopic (exact) mass is 904 g/mol. The van der Waals surface area contributed by atoms with Crippen molar-refractivity contribution in [2.45, 2.75) is 89.4 Å². The number of hydrogen-bond donors (Lipinski definition) is 6. The standard InChI is InChI=1S/C24H25N7O2.C22H23N7.C2H4O3/c32-14-22(33)30-10-8-19-15(13-30)5-6-21(27-19)28-24-26-11-18-17-7-9-25-12-20(17)31(23(18)29-24)16-3-1-2-4-16;1-2-4-15(3-1)29-19-13-24-9-7-16(19)17-12-25-22(28-21(17)29)27-20-6-5-14-11-23-10-8-18(14)26-20;3-1-2(4)5/h5-7,9,11-12,16,32H,1-4,8,10,13-14H2,(H,26,27,28,29);5-7,9,12-13,15,23H,1-4,8,10-11H2,(H,25,26,27,28);3H,1H2,(H,4,5). The SMILES string of the molecule is O=C(CO)N1CCc2nc(Nc3ncc4c5ccncc5n(C5CCCC5)c4n3)ccc2C1.O=C(O)CO.c1cc2c3cnc(Nc4ccc5c(n4)CCNC5)nc3n(C3CCCC3)c2cn1. The highest BCUT2D eigenvalue weighted by Crippen LogP contribution is 2.39. The van der Waals surface area contributed by atoms with E-state index in [0.29, 0.717) is 49.3 Å². The molecule has 344 valence electrons. The average Bonchev–Trinajstić information content (AvgIpc) is 4.20. The molecule has 6 N–H and O–H groups in total. The maximum absolute atomic E-state index is 11.8. The van der Waals surface area contributed by atoms with Gasteiger partial charge in [-0.3, -0.25) is 14.8 Å². The van der Waals surface area contributed by atoms with Crippen molar-refractivity contribution < 1.29 is 24.9 Å². The van der Waals surface area contributed by atoms with Gasteiger partial charge in [-0.05, 0) is 61.1 Å². The highest BCUT2D eigenvalue weighted by molar-refractivity contribution is 6.07. The first-order valence-corrected chi connectivity index (χ1v) is 23.0. The van der Waals surface area contributed by atoms with E-state index in [9.17, 15) is 4.79 Å². The number of nitrogens with zero attached hydrogens (tertiary/aromatic N) is 11. The number of aromatic nitrogens is 10. The molecule has 2 aliphatic carbocycles. The maximum Gasteiger partial charge on any atom is 0.329 e. The number of aliphatic hydroxyl groups is 2. The van der Waals surface area contributed by atoms with Gasteiger partial charge in [0.05, 0.1) is 23.4 Å². The summed E-state index contributed by atoms with van der Waals surface area (Å²) in [5.74, 6) is 1.14. The number of carbonyl (C=O) groups is 2. The Morgan fingerprint density at radius 2 is 1.16 bits per heavy atom. The van der Waals surface area contributed by atoms with Crippen LogP contribution in [0.2, 0.25) is 0 Å². The molecule has 8 aromatic rings. The van der Waals surface area contributed by atoms with Crippen molar-refractivity contribution in [2.24, 2.45) is 0 Å². The molecule has 2 aliphatic heterocycles. The van der Waals surface area contributed by atoms with Crippen LogP contribution in [0.3, 0.4) is 0 Å². The second-order valence-electron chi connectivity index (χ2n) is 17.3. The molecule has 67 heavy (non-hydrogen) atoms. The van der Waals surface area contributed by atoms with Crippen LogP contribution >= 0.6 is 0 Å². The lowest BCUT2D eigenvalue weighted by molar-refractivity contribution is -0.140. The summed E-state index contributed by atoms with van der Waals surface area (Å²) >= 11 is 0. The van der Waals surface area contributed by atoms with Gasteiger partial charge in [-0.1, -0.05) is 37.8 Å². The van der Waals surface area contributed by atoms with Gasteiger partial charge in [-0.2, -0.15) is 9.97 Å². The van der Waals surface area contributed by atoms with E-state index >= 15 is 0 Å². The lowest BCUT2D eigenvalue weighted by Crippen LogP contribution is -2.37. The summed E-state index contributed by atoms with van der Waals surface area (Å²) in [6.07, 6.45) is 22.7. The van der Waals surface area contributed by atoms with E-state index in [1.165, 1.54) is 49.5 Å². The number of aliphatic hydroxyl groups excluding tert-OH is 2. The first-order chi connectivity index (χ1) is 32.8. The Bertz CT molecular complexity index is 3110. The smallest absolute Gasteiger partial charge is 0.329 e. The molecule has 0 unspecified atom stereocenters. The summed E-state index contributed by atoms with van der Waals surface area (Å²) in [5.41, 5.74) is 8.55. The van der Waals surface area contributed by atoms with Crippen LogP contribution in [0.4, 0.5) is 23.5 Å². The first kappa shape index (κ1) is 43.7. The molecule has 2 saturated carbocycles. The number of fused-ring (bicyclic) bond motifs is 8. The Balaban J connectivity index is 0.000000143. The molecule has 2 fully saturated rings. The number of nitrogens with one attached hydrogen (secondary N) is 3. The molecule has 8 aromatic heterocycles. The highest BCUT2D eigenvalue weighted by Gasteiger charge is 2.26. The Morgan fingerprint density at radius 3 is 1.69 bits per heavy atom. The van der Waals surface area contributed by atoms with E-state index in [1.54, 1.807) is 4.90 Å². The number of carbonyl (C=O) groups excluding carboxylic acids is 1. The third kappa shape index (κ3) is 9.04. The molecular formula is C48H52N14O5. The zero-order valence-electron chi connectivity index (χ0n) is 37.0. The van der Waals surface area contributed by atoms with Crippen LogP contribution in [-0.2, 0) is 35.5 Å². The van der Waals surface area contributed by atoms with Crippen molar-refractivity contribution in [3.8, 4) is 0 Å². The number of carboxylic acids is 1. The third-order valence-corrected chi connectivity index (χ3v) is 13.1. The Labute approximate surface area is 384 Å². The van der Waals surface area contributed by atoms with Crippen molar-refractivity contribution in [2.75, 3.05) is 36.9 Å². The first-order valence-electron chi connectivity index (χ1n) is 23.0. The van der Waals surface area contributed by atoms with Crippen molar-refractivity contribution in [1.29, 1.82) is 0 Å². The molecule has 0 radical (unpaired) electrons. The minimum atomic E-state index is -1.19. The number of carboxylic acid groups (broad SMARTS) is 1. The largest absolute Gasteiger partial charge is 0.480 e. The molecule has 0 bridgehead atoms. The summed E-state index contributed by atoms with van der Waals surface area (Å²) in [5, 5.41) is 38.5. The quantitative estimate of drug-likeness (QED) is 0.102. The Hall–Kier alpha value is -7.22. The second-order valence-corrected chi connectivity index (χ2v) is 17.3. The normalized spacial score (nSPS) is 16.1. The van der Waals surface area contributed by atoms with Gasteiger partial charge in [0.2, 0.25) is 17.8 Å². The van der Waals surface area contributed by atoms with E-state index in [0.717, 1.165) is 93.6 Å². The molecule has 0 aromatic carbocycles. The molecule has 19 nitrogen and oxygen atoms in total. The van der Waals surface area contributed by atoms with Crippen molar-refractivity contribution in [1.82, 2.24) is 59.2 Å². The molecule has 19 heteroatoms. The number of rotatable bonds is 8. The van der Waals surface area contributed by atoms with E-state index < -0.39 is 19.2 Å². The van der Waals surface area contributed by atoms with Crippen LogP contribution in [0.15, 0.2) is 73.6 Å². The molecular weight excluding hydrogens is 853 g/mol. The predicted molar refractivity (Wildman–Crippen MR) is 252 cm³/mol. The summed E-state index contributed by atoms with van der Waals surface area (Å²) in [6.45, 7) is 1.65. The van der Waals surface area contributed by atoms with Gasteiger partial charge in [0.1, 0.15) is 36.1 Å². The summed E-state index contributed by atoms with van der Waals surface area (Å²) in [6, 6.07) is 13.0. The molecule has 0 atom stereocenters. The van der Waals surface area contributed by atoms with Crippen LogP contribution in [0.1, 0.15) is 86.0 Å². The van der Waals surface area contributed by atoms with Gasteiger partial charge in [0, 0.05) is 109 Å². The van der Waals surface area contributed by atoms with E-state index in [2.05, 4.69) is 57.2 Å². The van der Waals surface area contributed by atoms with Crippen LogP contribution in [0, 0.1) is 0 Å². The van der Waals surface area contributed by atoms with Gasteiger partial charge >= 0.3 is 5.97 Å². The van der Waals surface area contributed by atoms with Gasteiger partial charge < -0.3 is 45.3 Å². The number of pyridine rings is 4. The lowest BCUT2D eigenvalue weighted by Gasteiger charge is -2.28. The minimum Gasteiger partial charge on any atom is -0.480 e. The molecule has 10 heterocycles. The predicted octanol–water partition coefficient (Wildman–Crippen LogP) is 6.05. The van der Waals surface area contributed by atoms with Crippen LogP contribution in [0.5, 0.6) is 0 Å². The van der Waals surface area contributed by atoms with Crippen molar-refractivity contribution in [3.63, 3.8) is 0 Å². The fourth-order valence-electron chi connectivity index (χ4n) is 9.95. The van der Waals surface area contributed by atoms with Crippen LogP contribution in [-0.4, -0.2) is 107 Å². The number of anilines is 4. The van der Waals surface area contributed by atoms with Gasteiger partial charge in [0.25, 0.3) is 0 Å².